The first kappa shape index (κ1) is 63.5. The quantitative estimate of drug-likeness (QED) is 0.0435. The predicted octanol–water partition coefficient (Wildman–Crippen LogP) is -0.712. The number of aliphatic hydroxyl groups excluding tert-OH is 7. The molecule has 6 fully saturated rings. The summed E-state index contributed by atoms with van der Waals surface area (Å²) in [7, 11) is 0. The van der Waals surface area contributed by atoms with Crippen LogP contribution in [-0.4, -0.2) is 244 Å². The highest BCUT2D eigenvalue weighted by Crippen LogP contribution is 2.42. The van der Waals surface area contributed by atoms with E-state index in [1.807, 2.05) is 30.3 Å². The highest BCUT2D eigenvalue weighted by molar-refractivity contribution is 5.81. The molecular formula is C58H80FN9O18. The molecule has 4 saturated heterocycles. The summed E-state index contributed by atoms with van der Waals surface area (Å²) in [5, 5.41) is 112. The molecule has 0 spiro atoms. The number of rotatable bonds is 22. The van der Waals surface area contributed by atoms with Crippen molar-refractivity contribution in [3.63, 3.8) is 0 Å². The van der Waals surface area contributed by atoms with Gasteiger partial charge in [-0.3, -0.25) is 14.4 Å². The number of halogens is 1. The number of aromatic nitrogens is 6. The van der Waals surface area contributed by atoms with Gasteiger partial charge in [-0.25, -0.2) is 13.8 Å². The number of hydrogen-bond acceptors (Lipinski definition) is 22. The molecule has 12 unspecified atom stereocenters. The van der Waals surface area contributed by atoms with E-state index in [1.54, 1.807) is 17.2 Å². The van der Waals surface area contributed by atoms with Crippen LogP contribution in [-0.2, 0) is 47.5 Å². The zero-order valence-electron chi connectivity index (χ0n) is 48.0. The maximum Gasteiger partial charge on any atom is 0.251 e. The number of ether oxygens (including phenoxy) is 7. The predicted molar refractivity (Wildman–Crippen MR) is 296 cm³/mol. The number of carbonyl (C=O) groups excluding carboxylic acids is 3. The molecule has 3 amide bonds. The van der Waals surface area contributed by atoms with Crippen LogP contribution in [0.15, 0.2) is 67.0 Å². The Balaban J connectivity index is 0.929. The lowest BCUT2D eigenvalue weighted by Crippen LogP contribution is -2.67. The highest BCUT2D eigenvalue weighted by atomic mass is 19.1. The maximum atomic E-state index is 14.8. The Hall–Kier alpha value is -5.54. The van der Waals surface area contributed by atoms with E-state index in [1.165, 1.54) is 47.6 Å². The van der Waals surface area contributed by atoms with Crippen LogP contribution in [0, 0.1) is 17.7 Å². The van der Waals surface area contributed by atoms with E-state index in [0.717, 1.165) is 38.5 Å². The van der Waals surface area contributed by atoms with E-state index >= 15 is 0 Å². The van der Waals surface area contributed by atoms with Crippen molar-refractivity contribution in [1.29, 1.82) is 0 Å². The Morgan fingerprint density at radius 3 is 2.20 bits per heavy atom. The molecule has 472 valence electrons. The summed E-state index contributed by atoms with van der Waals surface area (Å²) < 4.78 is 61.2. The first-order chi connectivity index (χ1) is 41.4. The minimum atomic E-state index is -1.97. The van der Waals surface area contributed by atoms with Crippen LogP contribution in [0.3, 0.4) is 0 Å². The molecule has 10 rings (SSSR count). The maximum absolute atomic E-state index is 14.8. The molecule has 2 aromatic carbocycles. The molecule has 27 nitrogen and oxygen atoms in total. The SMILES string of the molecule is CC(=O)NC1C(O[C@@H](CC2CCCCC2)C(=O)N2CCC2)[C@@H](O)C(CO)O[C@H]1O[C@@H]1CC(C(=O)NCCOCC2(O)COC(CO)[C@@H](O)C2n2cc(-c3cccc(F)c3)nn2)CC(n2cc(-c3ccccc3)nn2)C1O[C@@H]1OC(C)[C@@H](O)C(O)C1O. The largest absolute Gasteiger partial charge is 0.394 e. The number of carbonyl (C=O) groups is 3. The van der Waals surface area contributed by atoms with Gasteiger partial charge in [-0.05, 0) is 50.7 Å². The average Bonchev–Trinajstić information content (AvgIpc) is 1.35. The lowest BCUT2D eigenvalue weighted by molar-refractivity contribution is -0.337. The second-order valence-electron chi connectivity index (χ2n) is 23.6. The third-order valence-corrected chi connectivity index (χ3v) is 17.5. The van der Waals surface area contributed by atoms with Gasteiger partial charge in [-0.2, -0.15) is 0 Å². The molecule has 10 N–H and O–H groups in total. The second-order valence-corrected chi connectivity index (χ2v) is 23.6. The Morgan fingerprint density at radius 1 is 0.791 bits per heavy atom. The first-order valence-corrected chi connectivity index (χ1v) is 29.7. The van der Waals surface area contributed by atoms with Crippen molar-refractivity contribution in [2.75, 3.05) is 52.7 Å². The molecule has 6 heterocycles. The van der Waals surface area contributed by atoms with E-state index in [2.05, 4.69) is 31.3 Å². The average molecular weight is 1210 g/mol. The van der Waals surface area contributed by atoms with Gasteiger partial charge < -0.3 is 89.5 Å². The van der Waals surface area contributed by atoms with Gasteiger partial charge in [0.25, 0.3) is 5.91 Å². The number of benzene rings is 2. The summed E-state index contributed by atoms with van der Waals surface area (Å²) in [5.41, 5.74) is -0.208. The summed E-state index contributed by atoms with van der Waals surface area (Å²) in [5.74, 6) is -2.72. The van der Waals surface area contributed by atoms with Gasteiger partial charge in [0, 0.05) is 43.6 Å². The van der Waals surface area contributed by atoms with Crippen LogP contribution in [0.5, 0.6) is 0 Å². The van der Waals surface area contributed by atoms with Crippen molar-refractivity contribution < 1.29 is 92.8 Å². The number of likely N-dealkylation sites (tertiary alicyclic amines) is 1. The van der Waals surface area contributed by atoms with E-state index in [4.69, 9.17) is 33.2 Å². The Morgan fingerprint density at radius 2 is 1.50 bits per heavy atom. The van der Waals surface area contributed by atoms with Gasteiger partial charge >= 0.3 is 0 Å². The zero-order chi connectivity index (χ0) is 60.8. The Bertz CT molecular complexity index is 2870. The van der Waals surface area contributed by atoms with E-state index < -0.39 is 160 Å². The molecule has 28 heteroatoms. The number of hydrogen-bond donors (Lipinski definition) is 10. The molecule has 0 bridgehead atoms. The van der Waals surface area contributed by atoms with Gasteiger partial charge in [0.05, 0.1) is 63.7 Å². The van der Waals surface area contributed by atoms with Crippen molar-refractivity contribution in [1.82, 2.24) is 45.5 Å². The van der Waals surface area contributed by atoms with Crippen LogP contribution in [0.2, 0.25) is 0 Å². The molecule has 6 aliphatic rings. The standard InChI is InChI=1S/C58H80FN9O18/c1-31-46(72)49(75)50(76)57(82-31)86-51-40(67-25-38(62-64-67)34-13-7-4-8-14-34)23-36(54(77)60-17-20-80-29-58(79)30-81-43(27-69)48(74)53(58)68-26-39(63-65-68)35-15-9-16-37(59)22-35)24-41(51)84-56-45(61-32(2)71)52(47(73)44(28-70)85-56)83-42(55(78)66-18-10-19-66)21-33-11-5-3-6-12-33/h4,7-9,13-16,22,25-26,31,33,36,40-53,56-57,69-70,72-76,79H,3,5-6,10-12,17-21,23-24,27-30H2,1-2H3,(H,60,77)(H,61,71)/t31?,36?,40?,41-,42+,43?,44?,45?,46-,47+,48-,49?,50?,51?,52?,53?,56-,57+,58?/m1/s1. The highest BCUT2D eigenvalue weighted by Gasteiger charge is 2.55. The van der Waals surface area contributed by atoms with Crippen LogP contribution >= 0.6 is 0 Å². The van der Waals surface area contributed by atoms with Crippen molar-refractivity contribution in [3.8, 4) is 22.5 Å². The van der Waals surface area contributed by atoms with Crippen molar-refractivity contribution in [3.05, 3.63) is 72.8 Å². The lowest BCUT2D eigenvalue weighted by Gasteiger charge is -2.49. The van der Waals surface area contributed by atoms with Crippen LogP contribution in [0.1, 0.15) is 83.7 Å². The summed E-state index contributed by atoms with van der Waals surface area (Å²) >= 11 is 0. The fourth-order valence-corrected chi connectivity index (χ4v) is 12.7. The van der Waals surface area contributed by atoms with Crippen molar-refractivity contribution in [2.45, 2.75) is 181 Å². The van der Waals surface area contributed by atoms with E-state index in [0.29, 0.717) is 36.3 Å². The van der Waals surface area contributed by atoms with E-state index in [-0.39, 0.29) is 43.5 Å². The minimum Gasteiger partial charge on any atom is -0.394 e. The number of aliphatic hydroxyl groups is 8. The Kier molecular flexibility index (Phi) is 20.9. The number of nitrogens with zero attached hydrogens (tertiary/aromatic N) is 7. The zero-order valence-corrected chi connectivity index (χ0v) is 48.0. The van der Waals surface area contributed by atoms with Crippen molar-refractivity contribution in [2.24, 2.45) is 11.8 Å². The third kappa shape index (κ3) is 14.3. The first-order valence-electron chi connectivity index (χ1n) is 29.7. The lowest BCUT2D eigenvalue weighted by atomic mass is 9.80. The molecular weight excluding hydrogens is 1130 g/mol. The molecule has 19 atom stereocenters. The summed E-state index contributed by atoms with van der Waals surface area (Å²) in [6, 6.07) is 11.1. The van der Waals surface area contributed by atoms with Crippen LogP contribution in [0.4, 0.5) is 4.39 Å². The van der Waals surface area contributed by atoms with Gasteiger partial charge in [0.2, 0.25) is 11.8 Å². The van der Waals surface area contributed by atoms with Crippen LogP contribution < -0.4 is 10.6 Å². The molecule has 4 aliphatic heterocycles. The fourth-order valence-electron chi connectivity index (χ4n) is 12.7. The van der Waals surface area contributed by atoms with Crippen LogP contribution in [0.25, 0.3) is 22.5 Å². The van der Waals surface area contributed by atoms with E-state index in [9.17, 15) is 59.6 Å². The molecule has 0 radical (unpaired) electrons. The number of amides is 3. The molecule has 2 aromatic heterocycles. The summed E-state index contributed by atoms with van der Waals surface area (Å²) in [4.78, 5) is 44.0. The van der Waals surface area contributed by atoms with Crippen molar-refractivity contribution >= 4 is 17.7 Å². The molecule has 2 aliphatic carbocycles. The monoisotopic (exact) mass is 1210 g/mol. The normalized spacial score (nSPS) is 34.7. The molecule has 86 heavy (non-hydrogen) atoms. The van der Waals surface area contributed by atoms with Gasteiger partial charge in [-0.15, -0.1) is 10.2 Å². The third-order valence-electron chi connectivity index (χ3n) is 17.5. The van der Waals surface area contributed by atoms with Gasteiger partial charge in [-0.1, -0.05) is 85.0 Å². The Labute approximate surface area is 495 Å². The van der Waals surface area contributed by atoms with Gasteiger partial charge in [0.1, 0.15) is 95.9 Å². The van der Waals surface area contributed by atoms with Gasteiger partial charge in [0.15, 0.2) is 12.6 Å². The number of nitrogens with one attached hydrogen (secondary N) is 2. The second kappa shape index (κ2) is 28.3. The summed E-state index contributed by atoms with van der Waals surface area (Å²) in [6.07, 6.45) is -11.2. The smallest absolute Gasteiger partial charge is 0.251 e. The minimum absolute atomic E-state index is 0.0393. The summed E-state index contributed by atoms with van der Waals surface area (Å²) in [6.45, 7) is 1.24. The fraction of sp³-hybridized carbons (Fsp3) is 0.672. The topological polar surface area (TPSA) is 366 Å². The molecule has 4 aromatic rings. The molecule has 2 saturated carbocycles.